The van der Waals surface area contributed by atoms with Crippen LogP contribution in [-0.4, -0.2) is 76.4 Å². The van der Waals surface area contributed by atoms with E-state index in [1.54, 1.807) is 0 Å². The van der Waals surface area contributed by atoms with Gasteiger partial charge in [0.1, 0.15) is 6.61 Å². The molecule has 35 heavy (non-hydrogen) atoms. The number of anilines is 1. The van der Waals surface area contributed by atoms with E-state index in [1.165, 1.54) is 22.8 Å². The SMILES string of the molecule is C[C@H]1CNCCN1c1nc(OC[C@@H]2CCCN2C)nn2c(Cc3cccc4ccccc34)cnc12. The summed E-state index contributed by atoms with van der Waals surface area (Å²) < 4.78 is 8.18. The largest absolute Gasteiger partial charge is 0.461 e. The Morgan fingerprint density at radius 3 is 2.86 bits per heavy atom. The van der Waals surface area contributed by atoms with Crippen molar-refractivity contribution in [3.8, 4) is 6.01 Å². The zero-order valence-corrected chi connectivity index (χ0v) is 20.5. The molecular weight excluding hydrogens is 438 g/mol. The topological polar surface area (TPSA) is 70.8 Å². The Morgan fingerprint density at radius 1 is 1.11 bits per heavy atom. The number of nitrogens with zero attached hydrogens (tertiary/aromatic N) is 6. The maximum Gasteiger partial charge on any atom is 0.336 e. The van der Waals surface area contributed by atoms with Crippen LogP contribution in [0.2, 0.25) is 0 Å². The highest BCUT2D eigenvalue weighted by atomic mass is 16.5. The summed E-state index contributed by atoms with van der Waals surface area (Å²) in [6.45, 7) is 6.67. The van der Waals surface area contributed by atoms with Gasteiger partial charge in [-0.1, -0.05) is 42.5 Å². The molecule has 182 valence electrons. The monoisotopic (exact) mass is 471 g/mol. The summed E-state index contributed by atoms with van der Waals surface area (Å²) in [5, 5.41) is 10.8. The third-order valence-electron chi connectivity index (χ3n) is 7.50. The lowest BCUT2D eigenvalue weighted by molar-refractivity contribution is 0.185. The highest BCUT2D eigenvalue weighted by Crippen LogP contribution is 2.27. The third-order valence-corrected chi connectivity index (χ3v) is 7.50. The molecule has 2 aromatic heterocycles. The molecule has 1 N–H and O–H groups in total. The Labute approximate surface area is 205 Å². The molecule has 2 aliphatic heterocycles. The molecule has 0 unspecified atom stereocenters. The van der Waals surface area contributed by atoms with Crippen LogP contribution >= 0.6 is 0 Å². The zero-order valence-electron chi connectivity index (χ0n) is 20.5. The van der Waals surface area contributed by atoms with Gasteiger partial charge in [0.25, 0.3) is 0 Å². The summed E-state index contributed by atoms with van der Waals surface area (Å²) in [5.74, 6) is 0.855. The van der Waals surface area contributed by atoms with Crippen LogP contribution in [0.15, 0.2) is 48.7 Å². The van der Waals surface area contributed by atoms with E-state index in [9.17, 15) is 0 Å². The van der Waals surface area contributed by atoms with Crippen molar-refractivity contribution in [2.24, 2.45) is 0 Å². The van der Waals surface area contributed by atoms with E-state index in [4.69, 9.17) is 19.8 Å². The highest BCUT2D eigenvalue weighted by molar-refractivity contribution is 5.86. The second-order valence-corrected chi connectivity index (χ2v) is 9.85. The van der Waals surface area contributed by atoms with Gasteiger partial charge in [-0.2, -0.15) is 4.98 Å². The van der Waals surface area contributed by atoms with Crippen molar-refractivity contribution in [3.05, 3.63) is 59.9 Å². The van der Waals surface area contributed by atoms with E-state index in [-0.39, 0.29) is 0 Å². The van der Waals surface area contributed by atoms with E-state index in [2.05, 4.69) is 71.6 Å². The molecule has 2 fully saturated rings. The van der Waals surface area contributed by atoms with Crippen LogP contribution in [-0.2, 0) is 6.42 Å². The molecule has 2 aromatic carbocycles. The molecule has 0 spiro atoms. The number of hydrogen-bond donors (Lipinski definition) is 1. The van der Waals surface area contributed by atoms with Crippen LogP contribution < -0.4 is 15.0 Å². The maximum absolute atomic E-state index is 6.23. The van der Waals surface area contributed by atoms with Crippen molar-refractivity contribution in [1.82, 2.24) is 29.8 Å². The number of piperazine rings is 1. The first-order valence-corrected chi connectivity index (χ1v) is 12.7. The summed E-state index contributed by atoms with van der Waals surface area (Å²) in [5.41, 5.74) is 3.08. The van der Waals surface area contributed by atoms with Gasteiger partial charge in [0.05, 0.1) is 11.9 Å². The quantitative estimate of drug-likeness (QED) is 0.463. The van der Waals surface area contributed by atoms with Gasteiger partial charge in [-0.15, -0.1) is 5.10 Å². The summed E-state index contributed by atoms with van der Waals surface area (Å²) in [6.07, 6.45) is 5.04. The van der Waals surface area contributed by atoms with Crippen LogP contribution in [0.3, 0.4) is 0 Å². The summed E-state index contributed by atoms with van der Waals surface area (Å²) in [6, 6.07) is 16.1. The number of nitrogens with one attached hydrogen (secondary N) is 1. The van der Waals surface area contributed by atoms with Gasteiger partial charge in [0.2, 0.25) is 0 Å². The van der Waals surface area contributed by atoms with Gasteiger partial charge in [-0.3, -0.25) is 0 Å². The molecule has 0 saturated carbocycles. The summed E-state index contributed by atoms with van der Waals surface area (Å²) in [7, 11) is 2.16. The first kappa shape index (κ1) is 22.2. The van der Waals surface area contributed by atoms with Crippen molar-refractivity contribution in [2.45, 2.75) is 38.3 Å². The Hall–Kier alpha value is -3.23. The lowest BCUT2D eigenvalue weighted by atomic mass is 10.0. The number of hydrogen-bond acceptors (Lipinski definition) is 7. The normalized spacial score (nSPS) is 21.3. The van der Waals surface area contributed by atoms with Gasteiger partial charge in [-0.25, -0.2) is 9.50 Å². The van der Waals surface area contributed by atoms with Crippen LogP contribution in [0, 0.1) is 0 Å². The molecule has 4 aromatic rings. The summed E-state index contributed by atoms with van der Waals surface area (Å²) >= 11 is 0. The van der Waals surface area contributed by atoms with Crippen LogP contribution in [0.25, 0.3) is 16.4 Å². The highest BCUT2D eigenvalue weighted by Gasteiger charge is 2.26. The minimum Gasteiger partial charge on any atom is -0.461 e. The Morgan fingerprint density at radius 2 is 2.00 bits per heavy atom. The average molecular weight is 472 g/mol. The number of aromatic nitrogens is 4. The molecule has 8 nitrogen and oxygen atoms in total. The molecule has 0 radical (unpaired) electrons. The molecule has 6 rings (SSSR count). The van der Waals surface area contributed by atoms with Gasteiger partial charge in [0, 0.05) is 38.1 Å². The second-order valence-electron chi connectivity index (χ2n) is 9.85. The average Bonchev–Trinajstić information content (AvgIpc) is 3.48. The van der Waals surface area contributed by atoms with Crippen molar-refractivity contribution in [3.63, 3.8) is 0 Å². The lowest BCUT2D eigenvalue weighted by Gasteiger charge is -2.34. The van der Waals surface area contributed by atoms with E-state index >= 15 is 0 Å². The minimum atomic E-state index is 0.314. The number of ether oxygens (including phenoxy) is 1. The Balaban J connectivity index is 1.39. The lowest BCUT2D eigenvalue weighted by Crippen LogP contribution is -2.50. The van der Waals surface area contributed by atoms with Gasteiger partial charge < -0.3 is 19.9 Å². The molecule has 2 saturated heterocycles. The third kappa shape index (κ3) is 4.32. The van der Waals surface area contributed by atoms with E-state index in [0.29, 0.717) is 24.7 Å². The molecule has 0 aliphatic carbocycles. The first-order chi connectivity index (χ1) is 17.2. The predicted octanol–water partition coefficient (Wildman–Crippen LogP) is 3.14. The Kier molecular flexibility index (Phi) is 6.00. The molecule has 4 heterocycles. The van der Waals surface area contributed by atoms with Crippen LogP contribution in [0.5, 0.6) is 6.01 Å². The second kappa shape index (κ2) is 9.43. The molecule has 0 bridgehead atoms. The number of rotatable bonds is 6. The number of imidazole rings is 1. The van der Waals surface area contributed by atoms with E-state index in [1.807, 2.05) is 10.7 Å². The van der Waals surface area contributed by atoms with E-state index in [0.717, 1.165) is 56.2 Å². The predicted molar refractivity (Wildman–Crippen MR) is 138 cm³/mol. The minimum absolute atomic E-state index is 0.314. The van der Waals surface area contributed by atoms with Crippen LogP contribution in [0.4, 0.5) is 5.82 Å². The molecule has 8 heteroatoms. The number of likely N-dealkylation sites (tertiary alicyclic amines) is 1. The van der Waals surface area contributed by atoms with Gasteiger partial charge in [0.15, 0.2) is 11.5 Å². The fourth-order valence-electron chi connectivity index (χ4n) is 5.43. The molecule has 0 amide bonds. The fraction of sp³-hybridized carbons (Fsp3) is 0.444. The van der Waals surface area contributed by atoms with Gasteiger partial charge in [-0.05, 0) is 49.7 Å². The van der Waals surface area contributed by atoms with Crippen molar-refractivity contribution >= 4 is 22.2 Å². The van der Waals surface area contributed by atoms with E-state index < -0.39 is 0 Å². The number of benzene rings is 2. The van der Waals surface area contributed by atoms with Crippen molar-refractivity contribution in [1.29, 1.82) is 0 Å². The van der Waals surface area contributed by atoms with Crippen molar-refractivity contribution < 1.29 is 4.74 Å². The van der Waals surface area contributed by atoms with Crippen molar-refractivity contribution in [2.75, 3.05) is 44.7 Å². The maximum atomic E-state index is 6.23. The smallest absolute Gasteiger partial charge is 0.336 e. The molecular formula is C27H33N7O. The summed E-state index contributed by atoms with van der Waals surface area (Å²) in [4.78, 5) is 14.4. The molecule has 2 atom stereocenters. The fourth-order valence-corrected chi connectivity index (χ4v) is 5.43. The number of likely N-dealkylation sites (N-methyl/N-ethyl adjacent to an activating group) is 1. The standard InChI is InChI=1S/C27H33N7O/c1-19-16-28-12-14-33(19)26-25-29-17-23(15-21-9-5-8-20-7-3-4-11-24(20)21)34(25)31-27(30-26)35-18-22-10-6-13-32(22)2/h3-5,7-9,11,17,19,22,28H,6,10,12-16,18H2,1-2H3/t19-,22-/m0/s1. The Bertz CT molecular complexity index is 1330. The first-order valence-electron chi connectivity index (χ1n) is 12.7. The zero-order chi connectivity index (χ0) is 23.8. The number of fused-ring (bicyclic) bond motifs is 2. The molecule has 2 aliphatic rings. The van der Waals surface area contributed by atoms with Gasteiger partial charge >= 0.3 is 6.01 Å². The van der Waals surface area contributed by atoms with Crippen LogP contribution in [0.1, 0.15) is 31.0 Å².